The molecule has 0 aromatic heterocycles. The lowest BCUT2D eigenvalue weighted by Crippen LogP contribution is -2.40. The van der Waals surface area contributed by atoms with E-state index >= 15 is 0 Å². The zero-order valence-corrected chi connectivity index (χ0v) is 11.8. The molecule has 5 heteroatoms. The number of hydrogen-bond donors (Lipinski definition) is 2. The largest absolute Gasteiger partial charge is 0.493 e. The highest BCUT2D eigenvalue weighted by Gasteiger charge is 2.23. The van der Waals surface area contributed by atoms with Crippen LogP contribution in [0.5, 0.6) is 5.75 Å². The fourth-order valence-corrected chi connectivity index (χ4v) is 2.57. The maximum absolute atomic E-state index is 11.1. The van der Waals surface area contributed by atoms with Gasteiger partial charge in [0.15, 0.2) is 0 Å². The smallest absolute Gasteiger partial charge is 0.320 e. The molecule has 0 bridgehead atoms. The zero-order valence-electron chi connectivity index (χ0n) is 11.1. The molecule has 1 aliphatic heterocycles. The number of nitrogens with one attached hydrogen (secondary N) is 1. The number of halogens is 1. The molecule has 0 saturated carbocycles. The minimum absolute atomic E-state index is 0.0191. The summed E-state index contributed by atoms with van der Waals surface area (Å²) in [5.74, 6) is 0.0324. The van der Waals surface area contributed by atoms with E-state index in [-0.39, 0.29) is 5.92 Å². The quantitative estimate of drug-likeness (QED) is 0.872. The van der Waals surface area contributed by atoms with Gasteiger partial charge in [0, 0.05) is 23.6 Å². The van der Waals surface area contributed by atoms with Crippen LogP contribution in [0.1, 0.15) is 25.0 Å². The summed E-state index contributed by atoms with van der Waals surface area (Å²) < 4.78 is 5.59. The van der Waals surface area contributed by atoms with Crippen molar-refractivity contribution in [2.45, 2.75) is 32.9 Å². The molecule has 2 N–H and O–H groups in total. The standard InChI is InChI=1S/C14H18ClNO3/c1-8(2)12(14(17)18)16-7-10-6-11(15)5-9-3-4-19-13(9)10/h5-6,8,12,16H,3-4,7H2,1-2H3,(H,17,18)/t12-/m1/s1. The second kappa shape index (κ2) is 5.80. The summed E-state index contributed by atoms with van der Waals surface area (Å²) in [6.07, 6.45) is 0.857. The van der Waals surface area contributed by atoms with Crippen LogP contribution in [0.15, 0.2) is 12.1 Å². The first kappa shape index (κ1) is 14.2. The van der Waals surface area contributed by atoms with Gasteiger partial charge in [-0.3, -0.25) is 10.1 Å². The average Bonchev–Trinajstić information content (AvgIpc) is 2.75. The Morgan fingerprint density at radius 1 is 1.53 bits per heavy atom. The van der Waals surface area contributed by atoms with Gasteiger partial charge in [-0.2, -0.15) is 0 Å². The molecule has 2 rings (SSSR count). The third-order valence-corrected chi connectivity index (χ3v) is 3.49. The van der Waals surface area contributed by atoms with Crippen LogP contribution in [0.25, 0.3) is 0 Å². The predicted octanol–water partition coefficient (Wildman–Crippen LogP) is 2.47. The molecule has 4 nitrogen and oxygen atoms in total. The third-order valence-electron chi connectivity index (χ3n) is 3.27. The number of carboxylic acids is 1. The van der Waals surface area contributed by atoms with Crippen LogP contribution in [-0.2, 0) is 17.8 Å². The molecule has 19 heavy (non-hydrogen) atoms. The van der Waals surface area contributed by atoms with Crippen molar-refractivity contribution in [1.29, 1.82) is 0 Å². The first-order valence-corrected chi connectivity index (χ1v) is 6.77. The van der Waals surface area contributed by atoms with Crippen molar-refractivity contribution < 1.29 is 14.6 Å². The van der Waals surface area contributed by atoms with E-state index in [0.717, 1.165) is 23.3 Å². The van der Waals surface area contributed by atoms with Gasteiger partial charge in [-0.25, -0.2) is 0 Å². The first-order chi connectivity index (χ1) is 8.99. The Hall–Kier alpha value is -1.26. The van der Waals surface area contributed by atoms with E-state index < -0.39 is 12.0 Å². The molecular formula is C14H18ClNO3. The summed E-state index contributed by atoms with van der Waals surface area (Å²) in [4.78, 5) is 11.1. The Labute approximate surface area is 117 Å². The Bertz CT molecular complexity index is 488. The third kappa shape index (κ3) is 3.19. The second-order valence-electron chi connectivity index (χ2n) is 5.09. The van der Waals surface area contributed by atoms with Crippen molar-refractivity contribution in [1.82, 2.24) is 5.32 Å². The number of fused-ring (bicyclic) bond motifs is 1. The minimum atomic E-state index is -0.838. The fourth-order valence-electron chi connectivity index (χ4n) is 2.31. The molecule has 0 saturated heterocycles. The van der Waals surface area contributed by atoms with Crippen LogP contribution in [0, 0.1) is 5.92 Å². The van der Waals surface area contributed by atoms with Crippen LogP contribution in [0.2, 0.25) is 5.02 Å². The lowest BCUT2D eigenvalue weighted by molar-refractivity contribution is -0.140. The molecule has 1 atom stereocenters. The topological polar surface area (TPSA) is 58.6 Å². The molecule has 0 amide bonds. The Morgan fingerprint density at radius 3 is 2.89 bits per heavy atom. The maximum atomic E-state index is 11.1. The summed E-state index contributed by atoms with van der Waals surface area (Å²) in [5, 5.41) is 12.9. The summed E-state index contributed by atoms with van der Waals surface area (Å²) in [5.41, 5.74) is 2.02. The molecular weight excluding hydrogens is 266 g/mol. The average molecular weight is 284 g/mol. The van der Waals surface area contributed by atoms with Crippen LogP contribution in [0.3, 0.4) is 0 Å². The van der Waals surface area contributed by atoms with Crippen molar-refractivity contribution in [2.75, 3.05) is 6.61 Å². The molecule has 1 aliphatic rings. The fraction of sp³-hybridized carbons (Fsp3) is 0.500. The number of hydrogen-bond acceptors (Lipinski definition) is 3. The summed E-state index contributed by atoms with van der Waals surface area (Å²) in [6, 6.07) is 3.17. The van der Waals surface area contributed by atoms with E-state index in [4.69, 9.17) is 21.4 Å². The minimum Gasteiger partial charge on any atom is -0.493 e. The number of carbonyl (C=O) groups is 1. The van der Waals surface area contributed by atoms with Gasteiger partial charge in [-0.1, -0.05) is 25.4 Å². The van der Waals surface area contributed by atoms with Crippen molar-refractivity contribution >= 4 is 17.6 Å². The number of aliphatic carboxylic acids is 1. The van der Waals surface area contributed by atoms with Crippen LogP contribution < -0.4 is 10.1 Å². The van der Waals surface area contributed by atoms with Gasteiger partial charge in [0.25, 0.3) is 0 Å². The van der Waals surface area contributed by atoms with E-state index in [1.165, 1.54) is 0 Å². The maximum Gasteiger partial charge on any atom is 0.320 e. The van der Waals surface area contributed by atoms with Gasteiger partial charge >= 0.3 is 5.97 Å². The highest BCUT2D eigenvalue weighted by atomic mass is 35.5. The normalized spacial score (nSPS) is 15.2. The Balaban J connectivity index is 2.14. The number of ether oxygens (including phenoxy) is 1. The highest BCUT2D eigenvalue weighted by molar-refractivity contribution is 6.30. The molecule has 0 aliphatic carbocycles. The van der Waals surface area contributed by atoms with Crippen molar-refractivity contribution in [2.24, 2.45) is 5.92 Å². The van der Waals surface area contributed by atoms with Crippen molar-refractivity contribution in [3.8, 4) is 5.75 Å². The molecule has 1 aromatic rings. The van der Waals surface area contributed by atoms with Gasteiger partial charge in [-0.15, -0.1) is 0 Å². The van der Waals surface area contributed by atoms with E-state index in [2.05, 4.69) is 5.32 Å². The van der Waals surface area contributed by atoms with Crippen molar-refractivity contribution in [3.63, 3.8) is 0 Å². The van der Waals surface area contributed by atoms with Crippen molar-refractivity contribution in [3.05, 3.63) is 28.3 Å². The van der Waals surface area contributed by atoms with E-state index in [1.807, 2.05) is 26.0 Å². The van der Waals surface area contributed by atoms with Crippen LogP contribution >= 0.6 is 11.6 Å². The predicted molar refractivity (Wildman–Crippen MR) is 73.8 cm³/mol. The summed E-state index contributed by atoms with van der Waals surface area (Å²) in [7, 11) is 0. The lowest BCUT2D eigenvalue weighted by atomic mass is 10.0. The number of carboxylic acid groups (broad SMARTS) is 1. The molecule has 0 fully saturated rings. The van der Waals surface area contributed by atoms with E-state index in [0.29, 0.717) is 18.2 Å². The molecule has 0 radical (unpaired) electrons. The first-order valence-electron chi connectivity index (χ1n) is 6.39. The van der Waals surface area contributed by atoms with Gasteiger partial charge in [-0.05, 0) is 23.6 Å². The van der Waals surface area contributed by atoms with E-state index in [9.17, 15) is 4.79 Å². The number of rotatable bonds is 5. The Kier molecular flexibility index (Phi) is 4.32. The SMILES string of the molecule is CC(C)[C@@H](NCc1cc(Cl)cc2c1OCC2)C(=O)O. The van der Waals surface area contributed by atoms with Gasteiger partial charge in [0.05, 0.1) is 6.61 Å². The van der Waals surface area contributed by atoms with Gasteiger partial charge in [0.2, 0.25) is 0 Å². The second-order valence-corrected chi connectivity index (χ2v) is 5.53. The summed E-state index contributed by atoms with van der Waals surface area (Å²) >= 11 is 6.07. The van der Waals surface area contributed by atoms with Gasteiger partial charge < -0.3 is 9.84 Å². The molecule has 0 spiro atoms. The molecule has 0 unspecified atom stereocenters. The zero-order chi connectivity index (χ0) is 14.0. The lowest BCUT2D eigenvalue weighted by Gasteiger charge is -2.19. The number of benzene rings is 1. The van der Waals surface area contributed by atoms with Gasteiger partial charge in [0.1, 0.15) is 11.8 Å². The molecule has 1 aromatic carbocycles. The molecule has 104 valence electrons. The highest BCUT2D eigenvalue weighted by Crippen LogP contribution is 2.32. The monoisotopic (exact) mass is 283 g/mol. The van der Waals surface area contributed by atoms with Crippen LogP contribution in [0.4, 0.5) is 0 Å². The molecule has 1 heterocycles. The van der Waals surface area contributed by atoms with Crippen LogP contribution in [-0.4, -0.2) is 23.7 Å². The van der Waals surface area contributed by atoms with E-state index in [1.54, 1.807) is 0 Å². The Morgan fingerprint density at radius 2 is 2.26 bits per heavy atom. The summed E-state index contributed by atoms with van der Waals surface area (Å²) in [6.45, 7) is 4.86.